The Bertz CT molecular complexity index is 1350. The summed E-state index contributed by atoms with van der Waals surface area (Å²) in [6.45, 7) is 0. The quantitative estimate of drug-likeness (QED) is 0.442. The van der Waals surface area contributed by atoms with E-state index < -0.39 is 11.9 Å². The number of hydrogen-bond acceptors (Lipinski definition) is 5. The average Bonchev–Trinajstić information content (AvgIpc) is 2.76. The van der Waals surface area contributed by atoms with Crippen molar-refractivity contribution in [1.29, 1.82) is 0 Å². The number of nitrogens with one attached hydrogen (secondary N) is 1. The summed E-state index contributed by atoms with van der Waals surface area (Å²) in [7, 11) is 3.47. The van der Waals surface area contributed by atoms with Gasteiger partial charge in [0.05, 0.1) is 16.5 Å². The van der Waals surface area contributed by atoms with Crippen molar-refractivity contribution in [2.45, 2.75) is 0 Å². The van der Waals surface area contributed by atoms with Crippen molar-refractivity contribution in [2.75, 3.05) is 19.4 Å². The first-order chi connectivity index (χ1) is 14.4. The Hall–Kier alpha value is -4.13. The zero-order valence-corrected chi connectivity index (χ0v) is 16.3. The second kappa shape index (κ2) is 7.36. The molecular formula is C23H18N2O5. The van der Waals surface area contributed by atoms with Gasteiger partial charge in [-0.25, -0.2) is 9.59 Å². The maximum Gasteiger partial charge on any atom is 0.336 e. The monoisotopic (exact) mass is 402 g/mol. The number of aromatic carboxylic acids is 2. The van der Waals surface area contributed by atoms with E-state index in [-0.39, 0.29) is 11.1 Å². The molecule has 0 atom stereocenters. The summed E-state index contributed by atoms with van der Waals surface area (Å²) in [4.78, 5) is 27.5. The van der Waals surface area contributed by atoms with Gasteiger partial charge < -0.3 is 19.9 Å². The highest BCUT2D eigenvalue weighted by molar-refractivity contribution is 6.08. The van der Waals surface area contributed by atoms with Gasteiger partial charge in [-0.1, -0.05) is 6.07 Å². The van der Waals surface area contributed by atoms with E-state index in [1.54, 1.807) is 20.2 Å². The average molecular weight is 402 g/mol. The lowest BCUT2D eigenvalue weighted by molar-refractivity contribution is 0.0696. The zero-order valence-electron chi connectivity index (χ0n) is 16.3. The van der Waals surface area contributed by atoms with E-state index in [9.17, 15) is 19.8 Å². The van der Waals surface area contributed by atoms with E-state index >= 15 is 0 Å². The Kier molecular flexibility index (Phi) is 4.71. The van der Waals surface area contributed by atoms with Gasteiger partial charge in [0.15, 0.2) is 0 Å². The van der Waals surface area contributed by atoms with E-state index in [0.29, 0.717) is 33.4 Å². The lowest BCUT2D eigenvalue weighted by atomic mass is 9.90. The van der Waals surface area contributed by atoms with Crippen LogP contribution in [-0.2, 0) is 0 Å². The van der Waals surface area contributed by atoms with Gasteiger partial charge in [0.1, 0.15) is 11.3 Å². The van der Waals surface area contributed by atoms with Crippen LogP contribution in [0.25, 0.3) is 33.4 Å². The van der Waals surface area contributed by atoms with Gasteiger partial charge in [0.2, 0.25) is 0 Å². The van der Waals surface area contributed by atoms with Crippen molar-refractivity contribution >= 4 is 28.6 Å². The molecule has 1 aliphatic carbocycles. The Morgan fingerprint density at radius 2 is 1.70 bits per heavy atom. The number of rotatable bonds is 4. The molecule has 0 saturated heterocycles. The molecule has 30 heavy (non-hydrogen) atoms. The Morgan fingerprint density at radius 1 is 0.933 bits per heavy atom. The molecule has 1 heterocycles. The number of anilines is 1. The fraction of sp³-hybridized carbons (Fsp3) is 0.0870. The second-order valence-electron chi connectivity index (χ2n) is 6.71. The van der Waals surface area contributed by atoms with Gasteiger partial charge in [0, 0.05) is 48.4 Å². The molecule has 2 aromatic carbocycles. The number of carboxylic acid groups (broad SMARTS) is 2. The summed E-state index contributed by atoms with van der Waals surface area (Å²) in [6.07, 6.45) is 0. The fourth-order valence-corrected chi connectivity index (χ4v) is 3.54. The number of fused-ring (bicyclic) bond motifs is 2. The van der Waals surface area contributed by atoms with Crippen LogP contribution in [0.4, 0.5) is 5.69 Å². The summed E-state index contributed by atoms with van der Waals surface area (Å²) in [5.41, 5.74) is 3.00. The molecule has 150 valence electrons. The maximum atomic E-state index is 12.0. The molecule has 0 spiro atoms. The molecule has 7 nitrogen and oxygen atoms in total. The van der Waals surface area contributed by atoms with Gasteiger partial charge in [-0.05, 0) is 42.0 Å². The molecule has 3 N–H and O–H groups in total. The third-order valence-electron chi connectivity index (χ3n) is 5.02. The van der Waals surface area contributed by atoms with Crippen molar-refractivity contribution in [1.82, 2.24) is 0 Å². The first-order valence-electron chi connectivity index (χ1n) is 9.15. The minimum absolute atomic E-state index is 0.0880. The van der Waals surface area contributed by atoms with Crippen molar-refractivity contribution in [2.24, 2.45) is 4.99 Å². The van der Waals surface area contributed by atoms with E-state index in [1.807, 2.05) is 30.3 Å². The number of carbonyl (C=O) groups is 2. The molecule has 7 heteroatoms. The predicted molar refractivity (Wildman–Crippen MR) is 113 cm³/mol. The van der Waals surface area contributed by atoms with Crippen LogP contribution in [0, 0.1) is 0 Å². The fourth-order valence-electron chi connectivity index (χ4n) is 3.54. The van der Waals surface area contributed by atoms with Gasteiger partial charge in [-0.3, -0.25) is 4.99 Å². The number of nitrogens with zero attached hydrogens (tertiary/aromatic N) is 1. The normalized spacial score (nSPS) is 11.7. The molecule has 0 fully saturated rings. The minimum Gasteiger partial charge on any atom is -0.478 e. The SMILES string of the molecule is CN=c1ccc2c(-c3ccc(C(=O)O)cc3C(=O)O)c3ccc(NC)cc3oc-2c1. The van der Waals surface area contributed by atoms with Crippen LogP contribution in [0.3, 0.4) is 0 Å². The van der Waals surface area contributed by atoms with Crippen LogP contribution in [-0.4, -0.2) is 36.2 Å². The molecule has 0 saturated carbocycles. The summed E-state index contributed by atoms with van der Waals surface area (Å²) in [5.74, 6) is -1.84. The summed E-state index contributed by atoms with van der Waals surface area (Å²) in [6, 6.07) is 15.1. The van der Waals surface area contributed by atoms with Gasteiger partial charge >= 0.3 is 11.9 Å². The van der Waals surface area contributed by atoms with E-state index in [4.69, 9.17) is 4.42 Å². The lowest BCUT2D eigenvalue weighted by Gasteiger charge is -2.17. The molecule has 0 unspecified atom stereocenters. The van der Waals surface area contributed by atoms with Crippen LogP contribution in [0.2, 0.25) is 0 Å². The van der Waals surface area contributed by atoms with Gasteiger partial charge in [-0.15, -0.1) is 0 Å². The lowest BCUT2D eigenvalue weighted by Crippen LogP contribution is -2.06. The van der Waals surface area contributed by atoms with Crippen LogP contribution in [0.15, 0.2) is 64.0 Å². The molecular weight excluding hydrogens is 384 g/mol. The summed E-state index contributed by atoms with van der Waals surface area (Å²) in [5, 5.41) is 23.6. The number of benzene rings is 3. The smallest absolute Gasteiger partial charge is 0.336 e. The number of carboxylic acids is 2. The highest BCUT2D eigenvalue weighted by Gasteiger charge is 2.22. The van der Waals surface area contributed by atoms with Crippen molar-refractivity contribution in [3.05, 3.63) is 71.1 Å². The summed E-state index contributed by atoms with van der Waals surface area (Å²) < 4.78 is 6.11. The van der Waals surface area contributed by atoms with Crippen LogP contribution < -0.4 is 10.7 Å². The largest absolute Gasteiger partial charge is 0.478 e. The van der Waals surface area contributed by atoms with Crippen LogP contribution >= 0.6 is 0 Å². The Labute approximate surface area is 171 Å². The van der Waals surface area contributed by atoms with Crippen LogP contribution in [0.1, 0.15) is 20.7 Å². The van der Waals surface area contributed by atoms with Crippen LogP contribution in [0.5, 0.6) is 0 Å². The Morgan fingerprint density at radius 3 is 2.37 bits per heavy atom. The third-order valence-corrected chi connectivity index (χ3v) is 5.02. The molecule has 4 rings (SSSR count). The highest BCUT2D eigenvalue weighted by atomic mass is 16.4. The number of hydrogen-bond donors (Lipinski definition) is 3. The first kappa shape index (κ1) is 19.2. The highest BCUT2D eigenvalue weighted by Crippen LogP contribution is 2.41. The molecule has 1 aliphatic heterocycles. The molecule has 0 bridgehead atoms. The molecule has 0 radical (unpaired) electrons. The predicted octanol–water partition coefficient (Wildman–Crippen LogP) is 4.17. The Balaban J connectivity index is 2.16. The molecule has 0 amide bonds. The van der Waals surface area contributed by atoms with Crippen molar-refractivity contribution in [3.63, 3.8) is 0 Å². The zero-order chi connectivity index (χ0) is 21.4. The van der Waals surface area contributed by atoms with Crippen molar-refractivity contribution in [3.8, 4) is 22.5 Å². The minimum atomic E-state index is -1.21. The van der Waals surface area contributed by atoms with E-state index in [0.717, 1.165) is 11.0 Å². The molecule has 2 aliphatic rings. The molecule has 2 aromatic rings. The third kappa shape index (κ3) is 3.16. The topological polar surface area (TPSA) is 112 Å². The first-order valence-corrected chi connectivity index (χ1v) is 9.15. The van der Waals surface area contributed by atoms with Gasteiger partial charge in [-0.2, -0.15) is 0 Å². The maximum absolute atomic E-state index is 12.0. The molecule has 0 aromatic heterocycles. The second-order valence-corrected chi connectivity index (χ2v) is 6.71. The van der Waals surface area contributed by atoms with E-state index in [2.05, 4.69) is 10.3 Å². The van der Waals surface area contributed by atoms with Crippen molar-refractivity contribution < 1.29 is 24.2 Å². The van der Waals surface area contributed by atoms with E-state index in [1.165, 1.54) is 18.2 Å². The standard InChI is InChI=1S/C23H18N2O5/c1-24-13-4-7-16-19(10-13)30-20-11-14(25-2)5-8-17(20)21(16)15-6-3-12(22(26)27)9-18(15)23(28)29/h3-11,24H,1-2H3,(H,26,27)(H,28,29). The summed E-state index contributed by atoms with van der Waals surface area (Å²) >= 11 is 0. The van der Waals surface area contributed by atoms with Gasteiger partial charge in [0.25, 0.3) is 0 Å².